The zero-order valence-corrected chi connectivity index (χ0v) is 9.85. The second kappa shape index (κ2) is 4.23. The molecule has 0 spiro atoms. The van der Waals surface area contributed by atoms with Gasteiger partial charge in [-0.2, -0.15) is 11.8 Å². The molecule has 1 aliphatic heterocycles. The van der Waals surface area contributed by atoms with Crippen LogP contribution in [-0.2, 0) is 4.79 Å². The Morgan fingerprint density at radius 3 is 2.86 bits per heavy atom. The van der Waals surface area contributed by atoms with Gasteiger partial charge in [0, 0.05) is 42.5 Å². The van der Waals surface area contributed by atoms with E-state index in [1.54, 1.807) is 0 Å². The lowest BCUT2D eigenvalue weighted by molar-refractivity contribution is -0.117. The van der Waals surface area contributed by atoms with E-state index >= 15 is 0 Å². The highest BCUT2D eigenvalue weighted by atomic mass is 32.2. The quantitative estimate of drug-likeness (QED) is 0.664. The number of thioether (sulfide) groups is 1. The number of hydrogen-bond donors (Lipinski definition) is 0. The lowest BCUT2D eigenvalue weighted by Crippen LogP contribution is -2.49. The highest BCUT2D eigenvalue weighted by Gasteiger charge is 2.34. The molecular formula is C11H19NOS. The summed E-state index contributed by atoms with van der Waals surface area (Å²) in [5.74, 6) is 1.70. The van der Waals surface area contributed by atoms with Crippen LogP contribution in [0.1, 0.15) is 33.1 Å². The Morgan fingerprint density at radius 1 is 1.43 bits per heavy atom. The van der Waals surface area contributed by atoms with E-state index in [9.17, 15) is 4.79 Å². The van der Waals surface area contributed by atoms with Gasteiger partial charge in [0.05, 0.1) is 0 Å². The number of Topliss-reactive ketones (excluding diaryl/α,β-unsaturated/α-hetero) is 1. The van der Waals surface area contributed by atoms with Gasteiger partial charge in [-0.25, -0.2) is 0 Å². The highest BCUT2D eigenvalue weighted by Crippen LogP contribution is 2.30. The Bertz CT molecular complexity index is 231. The third-order valence-electron chi connectivity index (χ3n) is 3.62. The zero-order chi connectivity index (χ0) is 10.1. The summed E-state index contributed by atoms with van der Waals surface area (Å²) in [5, 5.41) is 0.722. The normalized spacial score (nSPS) is 40.4. The van der Waals surface area contributed by atoms with Gasteiger partial charge in [-0.05, 0) is 13.3 Å². The standard InChI is InChI=1S/C11H19NOS/c1-8-9(2)14-6-5-12(8)10-3-4-11(13)7-10/h8-10H,3-7H2,1-2H3. The number of carbonyl (C=O) groups is 1. The fraction of sp³-hybridized carbons (Fsp3) is 0.909. The first-order valence-corrected chi connectivity index (χ1v) is 6.62. The van der Waals surface area contributed by atoms with Crippen LogP contribution in [0, 0.1) is 0 Å². The first-order chi connectivity index (χ1) is 6.68. The van der Waals surface area contributed by atoms with Crippen molar-refractivity contribution in [3.8, 4) is 0 Å². The van der Waals surface area contributed by atoms with Crippen LogP contribution in [0.3, 0.4) is 0 Å². The van der Waals surface area contributed by atoms with E-state index in [2.05, 4.69) is 30.5 Å². The summed E-state index contributed by atoms with van der Waals surface area (Å²) in [7, 11) is 0. The van der Waals surface area contributed by atoms with Crippen LogP contribution in [0.2, 0.25) is 0 Å². The zero-order valence-electron chi connectivity index (χ0n) is 9.03. The van der Waals surface area contributed by atoms with Gasteiger partial charge in [-0.3, -0.25) is 9.69 Å². The van der Waals surface area contributed by atoms with E-state index < -0.39 is 0 Å². The molecule has 80 valence electrons. The maximum Gasteiger partial charge on any atom is 0.134 e. The van der Waals surface area contributed by atoms with Crippen molar-refractivity contribution in [2.45, 2.75) is 50.4 Å². The van der Waals surface area contributed by atoms with Crippen molar-refractivity contribution in [2.24, 2.45) is 0 Å². The van der Waals surface area contributed by atoms with E-state index in [1.165, 1.54) is 12.3 Å². The summed E-state index contributed by atoms with van der Waals surface area (Å²) < 4.78 is 0. The fourth-order valence-electron chi connectivity index (χ4n) is 2.55. The Labute approximate surface area is 90.4 Å². The van der Waals surface area contributed by atoms with Crippen LogP contribution in [0.25, 0.3) is 0 Å². The molecule has 0 N–H and O–H groups in total. The van der Waals surface area contributed by atoms with Crippen LogP contribution >= 0.6 is 11.8 Å². The van der Waals surface area contributed by atoms with E-state index in [1.807, 2.05) is 0 Å². The van der Waals surface area contributed by atoms with Crippen molar-refractivity contribution in [1.82, 2.24) is 4.90 Å². The van der Waals surface area contributed by atoms with E-state index in [4.69, 9.17) is 0 Å². The van der Waals surface area contributed by atoms with Gasteiger partial charge in [0.25, 0.3) is 0 Å². The van der Waals surface area contributed by atoms with Crippen LogP contribution in [0.5, 0.6) is 0 Å². The molecule has 2 aliphatic rings. The maximum absolute atomic E-state index is 11.3. The molecule has 1 saturated heterocycles. The van der Waals surface area contributed by atoms with Crippen LogP contribution in [0.15, 0.2) is 0 Å². The number of rotatable bonds is 1. The van der Waals surface area contributed by atoms with E-state index in [-0.39, 0.29) is 0 Å². The van der Waals surface area contributed by atoms with Crippen molar-refractivity contribution in [2.75, 3.05) is 12.3 Å². The Balaban J connectivity index is 1.98. The van der Waals surface area contributed by atoms with Crippen LogP contribution in [0.4, 0.5) is 0 Å². The summed E-state index contributed by atoms with van der Waals surface area (Å²) in [6.45, 7) is 5.78. The second-order valence-corrected chi connectivity index (χ2v) is 5.97. The molecule has 3 heteroatoms. The topological polar surface area (TPSA) is 20.3 Å². The molecule has 0 amide bonds. The lowest BCUT2D eigenvalue weighted by atomic mass is 10.1. The maximum atomic E-state index is 11.3. The number of nitrogens with zero attached hydrogens (tertiary/aromatic N) is 1. The third-order valence-corrected chi connectivity index (χ3v) is 4.96. The molecule has 3 atom stereocenters. The average molecular weight is 213 g/mol. The first kappa shape index (κ1) is 10.5. The summed E-state index contributed by atoms with van der Waals surface area (Å²) in [4.78, 5) is 13.8. The van der Waals surface area contributed by atoms with Crippen molar-refractivity contribution in [3.05, 3.63) is 0 Å². The van der Waals surface area contributed by atoms with E-state index in [0.29, 0.717) is 17.9 Å². The SMILES string of the molecule is CC1SCCN(C2CCC(=O)C2)C1C. The largest absolute Gasteiger partial charge is 0.300 e. The molecule has 0 aromatic carbocycles. The Hall–Kier alpha value is -0.0200. The molecule has 1 saturated carbocycles. The summed E-state index contributed by atoms with van der Waals surface area (Å²) in [6.07, 6.45) is 2.72. The van der Waals surface area contributed by atoms with Gasteiger partial charge < -0.3 is 0 Å². The van der Waals surface area contributed by atoms with Crippen molar-refractivity contribution in [3.63, 3.8) is 0 Å². The van der Waals surface area contributed by atoms with E-state index in [0.717, 1.165) is 24.5 Å². The molecule has 2 fully saturated rings. The minimum absolute atomic E-state index is 0.466. The van der Waals surface area contributed by atoms with Gasteiger partial charge in [-0.1, -0.05) is 6.92 Å². The average Bonchev–Trinajstić information content (AvgIpc) is 2.57. The first-order valence-electron chi connectivity index (χ1n) is 5.57. The molecule has 1 heterocycles. The molecule has 0 bridgehead atoms. The monoisotopic (exact) mass is 213 g/mol. The molecule has 2 rings (SSSR count). The molecule has 0 aromatic rings. The molecule has 14 heavy (non-hydrogen) atoms. The minimum atomic E-state index is 0.466. The predicted octanol–water partition coefficient (Wildman–Crippen LogP) is 1.93. The van der Waals surface area contributed by atoms with Gasteiger partial charge in [0.1, 0.15) is 5.78 Å². The van der Waals surface area contributed by atoms with Crippen LogP contribution in [-0.4, -0.2) is 40.3 Å². The predicted molar refractivity (Wildman–Crippen MR) is 60.7 cm³/mol. The van der Waals surface area contributed by atoms with Crippen molar-refractivity contribution in [1.29, 1.82) is 0 Å². The number of ketones is 1. The van der Waals surface area contributed by atoms with Crippen LogP contribution < -0.4 is 0 Å². The summed E-state index contributed by atoms with van der Waals surface area (Å²) >= 11 is 2.06. The second-order valence-electron chi connectivity index (χ2n) is 4.49. The lowest BCUT2D eigenvalue weighted by Gasteiger charge is -2.41. The third kappa shape index (κ3) is 1.98. The van der Waals surface area contributed by atoms with Gasteiger partial charge >= 0.3 is 0 Å². The Kier molecular flexibility index (Phi) is 3.17. The number of carbonyl (C=O) groups excluding carboxylic acids is 1. The smallest absolute Gasteiger partial charge is 0.134 e. The molecule has 1 aliphatic carbocycles. The summed E-state index contributed by atoms with van der Waals surface area (Å²) in [5.41, 5.74) is 0. The Morgan fingerprint density at radius 2 is 2.21 bits per heavy atom. The fourth-order valence-corrected chi connectivity index (χ4v) is 3.67. The molecule has 0 radical (unpaired) electrons. The van der Waals surface area contributed by atoms with Gasteiger partial charge in [0.15, 0.2) is 0 Å². The van der Waals surface area contributed by atoms with Crippen molar-refractivity contribution >= 4 is 17.5 Å². The summed E-state index contributed by atoms with van der Waals surface area (Å²) in [6, 6.07) is 1.20. The molecule has 2 nitrogen and oxygen atoms in total. The molecule has 3 unspecified atom stereocenters. The molecular weight excluding hydrogens is 194 g/mol. The van der Waals surface area contributed by atoms with Gasteiger partial charge in [-0.15, -0.1) is 0 Å². The van der Waals surface area contributed by atoms with Gasteiger partial charge in [0.2, 0.25) is 0 Å². The van der Waals surface area contributed by atoms with Crippen molar-refractivity contribution < 1.29 is 4.79 Å². The minimum Gasteiger partial charge on any atom is -0.300 e. The highest BCUT2D eigenvalue weighted by molar-refractivity contribution is 8.00. The molecule has 0 aromatic heterocycles. The number of hydrogen-bond acceptors (Lipinski definition) is 3.